The molecule has 0 spiro atoms. The van der Waals surface area contributed by atoms with Crippen LogP contribution < -0.4 is 5.73 Å². The van der Waals surface area contributed by atoms with Gasteiger partial charge in [0.05, 0.1) is 5.54 Å². The fraction of sp³-hybridized carbons (Fsp3) is 0.929. The van der Waals surface area contributed by atoms with E-state index in [1.807, 2.05) is 6.92 Å². The van der Waals surface area contributed by atoms with E-state index in [1.54, 1.807) is 0 Å². The van der Waals surface area contributed by atoms with E-state index in [4.69, 9.17) is 5.73 Å². The Morgan fingerprint density at radius 2 is 1.75 bits per heavy atom. The van der Waals surface area contributed by atoms with Gasteiger partial charge in [-0.3, -0.25) is 4.79 Å². The van der Waals surface area contributed by atoms with E-state index >= 15 is 0 Å². The lowest BCUT2D eigenvalue weighted by molar-refractivity contribution is -0.124. The monoisotopic (exact) mass is 225 g/mol. The van der Waals surface area contributed by atoms with Gasteiger partial charge >= 0.3 is 0 Å². The summed E-state index contributed by atoms with van der Waals surface area (Å²) in [5, 5.41) is 0. The van der Waals surface area contributed by atoms with Crippen molar-refractivity contribution in [3.05, 3.63) is 0 Å². The quantitative estimate of drug-likeness (QED) is 0.611. The van der Waals surface area contributed by atoms with Crippen LogP contribution in [0.15, 0.2) is 0 Å². The van der Waals surface area contributed by atoms with Crippen molar-refractivity contribution in [3.63, 3.8) is 0 Å². The fourth-order valence-electron chi connectivity index (χ4n) is 2.25. The Labute approximate surface area is 100.0 Å². The van der Waals surface area contributed by atoms with E-state index in [1.165, 1.54) is 32.1 Å². The molecule has 0 radical (unpaired) electrons. The predicted octanol–water partition coefficient (Wildman–Crippen LogP) is 3.43. The summed E-state index contributed by atoms with van der Waals surface area (Å²) in [6.07, 6.45) is 10.4. The summed E-state index contributed by atoms with van der Waals surface area (Å²) in [7, 11) is 0. The molecule has 0 aromatic heterocycles. The SMILES string of the molecule is CCCCCCCCC(=O)C(C)(N)C1CC1. The van der Waals surface area contributed by atoms with E-state index in [2.05, 4.69) is 6.92 Å². The van der Waals surface area contributed by atoms with Gasteiger partial charge in [0.1, 0.15) is 0 Å². The van der Waals surface area contributed by atoms with Crippen LogP contribution in [0.5, 0.6) is 0 Å². The minimum Gasteiger partial charge on any atom is -0.319 e. The average molecular weight is 225 g/mol. The molecular formula is C14H27NO. The topological polar surface area (TPSA) is 43.1 Å². The van der Waals surface area contributed by atoms with Crippen molar-refractivity contribution in [3.8, 4) is 0 Å². The molecule has 1 atom stereocenters. The molecule has 0 heterocycles. The maximum Gasteiger partial charge on any atom is 0.152 e. The van der Waals surface area contributed by atoms with Crippen LogP contribution in [0, 0.1) is 5.92 Å². The summed E-state index contributed by atoms with van der Waals surface area (Å²) < 4.78 is 0. The number of Topliss-reactive ketones (excluding diaryl/α,β-unsaturated/α-hetero) is 1. The highest BCUT2D eigenvalue weighted by atomic mass is 16.1. The van der Waals surface area contributed by atoms with Crippen molar-refractivity contribution in [1.29, 1.82) is 0 Å². The van der Waals surface area contributed by atoms with E-state index in [0.717, 1.165) is 19.3 Å². The minimum atomic E-state index is -0.524. The van der Waals surface area contributed by atoms with Crippen molar-refractivity contribution in [2.75, 3.05) is 0 Å². The number of rotatable bonds is 9. The first-order valence-electron chi connectivity index (χ1n) is 6.91. The third kappa shape index (κ3) is 4.25. The molecule has 2 heteroatoms. The van der Waals surface area contributed by atoms with Gasteiger partial charge in [-0.1, -0.05) is 39.0 Å². The highest BCUT2D eigenvalue weighted by Crippen LogP contribution is 2.39. The summed E-state index contributed by atoms with van der Waals surface area (Å²) in [6, 6.07) is 0. The molecule has 2 N–H and O–H groups in total. The number of unbranched alkanes of at least 4 members (excludes halogenated alkanes) is 5. The summed E-state index contributed by atoms with van der Waals surface area (Å²) in [6.45, 7) is 4.14. The van der Waals surface area contributed by atoms with Crippen LogP contribution in [0.4, 0.5) is 0 Å². The van der Waals surface area contributed by atoms with Gasteiger partial charge < -0.3 is 5.73 Å². The molecule has 94 valence electrons. The first-order valence-corrected chi connectivity index (χ1v) is 6.91. The number of hydrogen-bond acceptors (Lipinski definition) is 2. The van der Waals surface area contributed by atoms with Crippen molar-refractivity contribution < 1.29 is 4.79 Å². The standard InChI is InChI=1S/C14H27NO/c1-3-4-5-6-7-8-9-13(16)14(2,15)12-10-11-12/h12H,3-11,15H2,1-2H3. The van der Waals surface area contributed by atoms with E-state index < -0.39 is 5.54 Å². The number of carbonyl (C=O) groups is 1. The minimum absolute atomic E-state index is 0.283. The highest BCUT2D eigenvalue weighted by molar-refractivity contribution is 5.88. The Morgan fingerprint density at radius 3 is 2.31 bits per heavy atom. The lowest BCUT2D eigenvalue weighted by Gasteiger charge is -2.22. The summed E-state index contributed by atoms with van der Waals surface area (Å²) in [5.74, 6) is 0.755. The molecular weight excluding hydrogens is 198 g/mol. The maximum absolute atomic E-state index is 11.9. The molecule has 1 saturated carbocycles. The van der Waals surface area contributed by atoms with Crippen LogP contribution in [-0.4, -0.2) is 11.3 Å². The first kappa shape index (κ1) is 13.7. The van der Waals surface area contributed by atoms with Crippen LogP contribution >= 0.6 is 0 Å². The van der Waals surface area contributed by atoms with Crippen molar-refractivity contribution >= 4 is 5.78 Å². The Hall–Kier alpha value is -0.370. The van der Waals surface area contributed by atoms with Crippen molar-refractivity contribution in [2.45, 2.75) is 77.2 Å². The lowest BCUT2D eigenvalue weighted by Crippen LogP contribution is -2.46. The second kappa shape index (κ2) is 6.39. The molecule has 0 amide bonds. The number of nitrogens with two attached hydrogens (primary N) is 1. The Balaban J connectivity index is 2.06. The van der Waals surface area contributed by atoms with Crippen LogP contribution in [-0.2, 0) is 4.79 Å². The van der Waals surface area contributed by atoms with Crippen molar-refractivity contribution in [1.82, 2.24) is 0 Å². The smallest absolute Gasteiger partial charge is 0.152 e. The number of ketones is 1. The fourth-order valence-corrected chi connectivity index (χ4v) is 2.25. The molecule has 1 unspecified atom stereocenters. The van der Waals surface area contributed by atoms with Gasteiger partial charge in [0.2, 0.25) is 0 Å². The van der Waals surface area contributed by atoms with Gasteiger partial charge in [-0.2, -0.15) is 0 Å². The Morgan fingerprint density at radius 1 is 1.19 bits per heavy atom. The Kier molecular flexibility index (Phi) is 5.47. The van der Waals surface area contributed by atoms with Crippen LogP contribution in [0.1, 0.15) is 71.6 Å². The average Bonchev–Trinajstić information content (AvgIpc) is 3.06. The third-order valence-electron chi connectivity index (χ3n) is 3.78. The molecule has 0 aromatic carbocycles. The second-order valence-electron chi connectivity index (χ2n) is 5.50. The number of carbonyl (C=O) groups excluding carboxylic acids is 1. The summed E-state index contributed by atoms with van der Waals surface area (Å²) >= 11 is 0. The largest absolute Gasteiger partial charge is 0.319 e. The normalized spacial score (nSPS) is 19.4. The van der Waals surface area contributed by atoms with Crippen LogP contribution in [0.3, 0.4) is 0 Å². The zero-order valence-corrected chi connectivity index (χ0v) is 10.9. The van der Waals surface area contributed by atoms with Gasteiger partial charge in [0.15, 0.2) is 5.78 Å². The van der Waals surface area contributed by atoms with E-state index in [0.29, 0.717) is 12.3 Å². The van der Waals surface area contributed by atoms with E-state index in [-0.39, 0.29) is 5.78 Å². The predicted molar refractivity (Wildman–Crippen MR) is 68.3 cm³/mol. The Bertz CT molecular complexity index is 219. The van der Waals surface area contributed by atoms with E-state index in [9.17, 15) is 4.79 Å². The van der Waals surface area contributed by atoms with Crippen LogP contribution in [0.25, 0.3) is 0 Å². The highest BCUT2D eigenvalue weighted by Gasteiger charge is 2.42. The van der Waals surface area contributed by atoms with Crippen molar-refractivity contribution in [2.24, 2.45) is 11.7 Å². The van der Waals surface area contributed by atoms with Gasteiger partial charge in [0.25, 0.3) is 0 Å². The van der Waals surface area contributed by atoms with Crippen LogP contribution in [0.2, 0.25) is 0 Å². The van der Waals surface area contributed by atoms with Gasteiger partial charge in [-0.05, 0) is 32.1 Å². The molecule has 0 aromatic rings. The van der Waals surface area contributed by atoms with Gasteiger partial charge in [-0.25, -0.2) is 0 Å². The molecule has 1 aliphatic carbocycles. The molecule has 1 rings (SSSR count). The molecule has 0 bridgehead atoms. The summed E-state index contributed by atoms with van der Waals surface area (Å²) in [4.78, 5) is 11.9. The summed E-state index contributed by atoms with van der Waals surface area (Å²) in [5.41, 5.74) is 5.55. The van der Waals surface area contributed by atoms with Gasteiger partial charge in [0, 0.05) is 6.42 Å². The molecule has 16 heavy (non-hydrogen) atoms. The molecule has 0 aliphatic heterocycles. The molecule has 1 aliphatic rings. The zero-order valence-electron chi connectivity index (χ0n) is 10.9. The zero-order chi connectivity index (χ0) is 12.0. The first-order chi connectivity index (χ1) is 7.59. The molecule has 2 nitrogen and oxygen atoms in total. The second-order valence-corrected chi connectivity index (χ2v) is 5.50. The molecule has 1 fully saturated rings. The third-order valence-corrected chi connectivity index (χ3v) is 3.78. The lowest BCUT2D eigenvalue weighted by atomic mass is 9.88. The molecule has 0 saturated heterocycles. The van der Waals surface area contributed by atoms with Gasteiger partial charge in [-0.15, -0.1) is 0 Å². The maximum atomic E-state index is 11.9. The number of hydrogen-bond donors (Lipinski definition) is 1.